The molecule has 0 fully saturated rings. The van der Waals surface area contributed by atoms with Gasteiger partial charge in [-0.05, 0) is 42.0 Å². The third-order valence-corrected chi connectivity index (χ3v) is 3.99. The third kappa shape index (κ3) is 4.56. The lowest BCUT2D eigenvalue weighted by Gasteiger charge is -2.08. The fourth-order valence-electron chi connectivity index (χ4n) is 2.49. The first-order valence-corrected chi connectivity index (χ1v) is 8.37. The van der Waals surface area contributed by atoms with E-state index in [0.717, 1.165) is 5.56 Å². The summed E-state index contributed by atoms with van der Waals surface area (Å²) in [6, 6.07) is 12.6. The summed E-state index contributed by atoms with van der Waals surface area (Å²) in [5, 5.41) is 21.3. The van der Waals surface area contributed by atoms with Gasteiger partial charge < -0.3 is 9.47 Å². The number of carbonyl (C=O) groups excluding carboxylic acids is 1. The third-order valence-electron chi connectivity index (χ3n) is 3.99. The molecule has 0 unspecified atom stereocenters. The predicted molar refractivity (Wildman–Crippen MR) is 105 cm³/mol. The molecule has 1 heterocycles. The minimum absolute atomic E-state index is 0.0219. The molecule has 10 nitrogen and oxygen atoms in total. The lowest BCUT2D eigenvalue weighted by atomic mass is 10.1. The summed E-state index contributed by atoms with van der Waals surface area (Å²) in [5.41, 5.74) is 4.46. The molecular weight excluding hydrogens is 378 g/mol. The van der Waals surface area contributed by atoms with Crippen LogP contribution in [0.25, 0.3) is 11.3 Å². The SMILES string of the molecule is COc1ccc(-c2cc(C(=O)N/N=C\c3ccc([N+](=O)[O-])cc3)[nH]n2)cc1OC. The molecule has 0 atom stereocenters. The molecule has 0 bridgehead atoms. The molecule has 1 amide bonds. The van der Waals surface area contributed by atoms with Gasteiger partial charge in [-0.15, -0.1) is 0 Å². The number of hydrogen-bond acceptors (Lipinski definition) is 7. The van der Waals surface area contributed by atoms with E-state index in [1.54, 1.807) is 31.4 Å². The van der Waals surface area contributed by atoms with Gasteiger partial charge in [-0.2, -0.15) is 10.2 Å². The van der Waals surface area contributed by atoms with Crippen molar-refractivity contribution in [2.45, 2.75) is 0 Å². The summed E-state index contributed by atoms with van der Waals surface area (Å²) in [6.07, 6.45) is 1.38. The molecule has 10 heteroatoms. The average molecular weight is 395 g/mol. The number of H-pyrrole nitrogens is 1. The van der Waals surface area contributed by atoms with Gasteiger partial charge in [-0.25, -0.2) is 5.43 Å². The number of nitrogens with zero attached hydrogens (tertiary/aromatic N) is 3. The first-order valence-electron chi connectivity index (χ1n) is 8.37. The summed E-state index contributed by atoms with van der Waals surface area (Å²) >= 11 is 0. The summed E-state index contributed by atoms with van der Waals surface area (Å²) in [6.45, 7) is 0. The van der Waals surface area contributed by atoms with Crippen molar-refractivity contribution >= 4 is 17.8 Å². The van der Waals surface area contributed by atoms with Crippen molar-refractivity contribution in [3.05, 3.63) is 69.9 Å². The van der Waals surface area contributed by atoms with Crippen molar-refractivity contribution in [3.8, 4) is 22.8 Å². The predicted octanol–water partition coefficient (Wildman–Crippen LogP) is 2.77. The van der Waals surface area contributed by atoms with E-state index in [9.17, 15) is 14.9 Å². The van der Waals surface area contributed by atoms with E-state index < -0.39 is 10.8 Å². The Morgan fingerprint density at radius 3 is 2.52 bits per heavy atom. The molecule has 1 aromatic heterocycles. The number of hydrazone groups is 1. The average Bonchev–Trinajstić information content (AvgIpc) is 3.24. The van der Waals surface area contributed by atoms with Crippen molar-refractivity contribution in [3.63, 3.8) is 0 Å². The summed E-state index contributed by atoms with van der Waals surface area (Å²) < 4.78 is 10.5. The van der Waals surface area contributed by atoms with Crippen LogP contribution < -0.4 is 14.9 Å². The van der Waals surface area contributed by atoms with E-state index in [1.165, 1.54) is 37.6 Å². The van der Waals surface area contributed by atoms with E-state index >= 15 is 0 Å². The Bertz CT molecular complexity index is 1060. The molecule has 2 N–H and O–H groups in total. The Morgan fingerprint density at radius 1 is 1.14 bits per heavy atom. The largest absolute Gasteiger partial charge is 0.493 e. The quantitative estimate of drug-likeness (QED) is 0.359. The highest BCUT2D eigenvalue weighted by atomic mass is 16.6. The van der Waals surface area contributed by atoms with Crippen LogP contribution in [0.4, 0.5) is 5.69 Å². The normalized spacial score (nSPS) is 10.7. The number of aromatic amines is 1. The van der Waals surface area contributed by atoms with Gasteiger partial charge in [0.15, 0.2) is 11.5 Å². The molecule has 0 aliphatic heterocycles. The van der Waals surface area contributed by atoms with E-state index in [0.29, 0.717) is 22.8 Å². The second-order valence-electron chi connectivity index (χ2n) is 5.78. The molecule has 0 saturated heterocycles. The number of benzene rings is 2. The number of carbonyl (C=O) groups is 1. The van der Waals surface area contributed by atoms with Crippen LogP contribution in [0.3, 0.4) is 0 Å². The van der Waals surface area contributed by atoms with Crippen molar-refractivity contribution < 1.29 is 19.2 Å². The second-order valence-corrected chi connectivity index (χ2v) is 5.78. The summed E-state index contributed by atoms with van der Waals surface area (Å²) in [4.78, 5) is 22.4. The van der Waals surface area contributed by atoms with E-state index in [1.807, 2.05) is 0 Å². The molecule has 0 aliphatic carbocycles. The summed E-state index contributed by atoms with van der Waals surface area (Å²) in [7, 11) is 3.08. The van der Waals surface area contributed by atoms with Gasteiger partial charge in [0, 0.05) is 17.7 Å². The molecule has 0 saturated carbocycles. The number of methoxy groups -OCH3 is 2. The van der Waals surface area contributed by atoms with E-state index in [4.69, 9.17) is 9.47 Å². The van der Waals surface area contributed by atoms with Crippen LogP contribution in [-0.2, 0) is 0 Å². The Hall–Kier alpha value is -4.21. The first kappa shape index (κ1) is 19.5. The van der Waals surface area contributed by atoms with Gasteiger partial charge in [0.2, 0.25) is 0 Å². The van der Waals surface area contributed by atoms with Crippen LogP contribution >= 0.6 is 0 Å². The highest BCUT2D eigenvalue weighted by Crippen LogP contribution is 2.31. The van der Waals surface area contributed by atoms with Crippen LogP contribution in [-0.4, -0.2) is 41.5 Å². The van der Waals surface area contributed by atoms with Crippen LogP contribution in [0.15, 0.2) is 53.6 Å². The summed E-state index contributed by atoms with van der Waals surface area (Å²) in [5.74, 6) is 0.652. The van der Waals surface area contributed by atoms with Crippen LogP contribution in [0, 0.1) is 10.1 Å². The van der Waals surface area contributed by atoms with Crippen LogP contribution in [0.1, 0.15) is 16.1 Å². The minimum atomic E-state index is -0.489. The smallest absolute Gasteiger partial charge is 0.289 e. The van der Waals surface area contributed by atoms with Gasteiger partial charge in [0.1, 0.15) is 5.69 Å². The number of nitro benzene ring substituents is 1. The van der Waals surface area contributed by atoms with Crippen LogP contribution in [0.5, 0.6) is 11.5 Å². The van der Waals surface area contributed by atoms with Crippen molar-refractivity contribution in [2.24, 2.45) is 5.10 Å². The zero-order valence-corrected chi connectivity index (χ0v) is 15.6. The number of ether oxygens (including phenoxy) is 2. The Morgan fingerprint density at radius 2 is 1.86 bits per heavy atom. The van der Waals surface area contributed by atoms with Crippen molar-refractivity contribution in [1.29, 1.82) is 0 Å². The fraction of sp³-hybridized carbons (Fsp3) is 0.105. The number of rotatable bonds is 7. The number of nitro groups is 1. The van der Waals surface area contributed by atoms with Gasteiger partial charge in [-0.1, -0.05) is 0 Å². The number of aromatic nitrogens is 2. The van der Waals surface area contributed by atoms with E-state index in [-0.39, 0.29) is 11.4 Å². The molecule has 0 aliphatic rings. The Balaban J connectivity index is 1.67. The monoisotopic (exact) mass is 395 g/mol. The number of hydrogen-bond donors (Lipinski definition) is 2. The lowest BCUT2D eigenvalue weighted by Crippen LogP contribution is -2.17. The number of nitrogens with one attached hydrogen (secondary N) is 2. The maximum absolute atomic E-state index is 12.2. The topological polar surface area (TPSA) is 132 Å². The van der Waals surface area contributed by atoms with E-state index in [2.05, 4.69) is 20.7 Å². The first-order chi connectivity index (χ1) is 14.0. The zero-order chi connectivity index (χ0) is 20.8. The van der Waals surface area contributed by atoms with Crippen molar-refractivity contribution in [1.82, 2.24) is 15.6 Å². The minimum Gasteiger partial charge on any atom is -0.493 e. The molecule has 0 radical (unpaired) electrons. The fourth-order valence-corrected chi connectivity index (χ4v) is 2.49. The molecule has 3 rings (SSSR count). The standard InChI is InChI=1S/C19H17N5O5/c1-28-17-8-5-13(9-18(17)29-2)15-10-16(22-21-15)19(25)23-20-11-12-3-6-14(7-4-12)24(26)27/h3-11H,1-2H3,(H,21,22)(H,23,25)/b20-11-. The molecule has 148 valence electrons. The lowest BCUT2D eigenvalue weighted by molar-refractivity contribution is -0.384. The highest BCUT2D eigenvalue weighted by Gasteiger charge is 2.12. The molecule has 3 aromatic rings. The Labute approximate surface area is 165 Å². The molecule has 0 spiro atoms. The Kier molecular flexibility index (Phi) is 5.83. The highest BCUT2D eigenvalue weighted by molar-refractivity contribution is 5.94. The van der Waals surface area contributed by atoms with Gasteiger partial charge in [0.25, 0.3) is 11.6 Å². The molecule has 2 aromatic carbocycles. The maximum atomic E-state index is 12.2. The van der Waals surface area contributed by atoms with Crippen molar-refractivity contribution in [2.75, 3.05) is 14.2 Å². The van der Waals surface area contributed by atoms with Gasteiger partial charge >= 0.3 is 0 Å². The van der Waals surface area contributed by atoms with Crippen LogP contribution in [0.2, 0.25) is 0 Å². The zero-order valence-electron chi connectivity index (χ0n) is 15.6. The number of non-ortho nitro benzene ring substituents is 1. The molecular formula is C19H17N5O5. The van der Waals surface area contributed by atoms with Gasteiger partial charge in [-0.3, -0.25) is 20.0 Å². The second kappa shape index (κ2) is 8.65. The maximum Gasteiger partial charge on any atom is 0.289 e. The number of amides is 1. The molecule has 29 heavy (non-hydrogen) atoms. The van der Waals surface area contributed by atoms with Gasteiger partial charge in [0.05, 0.1) is 31.1 Å².